The monoisotopic (exact) mass is 379 g/mol. The van der Waals surface area contributed by atoms with Crippen molar-refractivity contribution in [2.24, 2.45) is 5.92 Å². The third-order valence-electron chi connectivity index (χ3n) is 5.85. The quantitative estimate of drug-likeness (QED) is 0.603. The number of likely N-dealkylation sites (tertiary alicyclic amines) is 1. The first-order valence-electron chi connectivity index (χ1n) is 9.91. The third-order valence-corrected chi connectivity index (χ3v) is 5.85. The molecule has 0 N–H and O–H groups in total. The second-order valence-corrected chi connectivity index (χ2v) is 7.78. The molecule has 6 heteroatoms. The van der Waals surface area contributed by atoms with E-state index in [0.717, 1.165) is 51.0 Å². The first-order valence-corrected chi connectivity index (χ1v) is 9.91. The minimum absolute atomic E-state index is 0.0389. The molecule has 2 aliphatic rings. The summed E-state index contributed by atoms with van der Waals surface area (Å²) < 4.78 is 0. The van der Waals surface area contributed by atoms with Crippen LogP contribution in [-0.4, -0.2) is 40.3 Å². The highest BCUT2D eigenvalue weighted by atomic mass is 16.6. The molecule has 2 aromatic rings. The van der Waals surface area contributed by atoms with Gasteiger partial charge in [-0.1, -0.05) is 36.4 Å². The Balaban J connectivity index is 1.37. The number of nitrogens with zero attached hydrogens (tertiary/aromatic N) is 3. The van der Waals surface area contributed by atoms with Crippen LogP contribution in [0.1, 0.15) is 29.5 Å². The molecular weight excluding hydrogens is 354 g/mol. The fourth-order valence-electron chi connectivity index (χ4n) is 4.32. The van der Waals surface area contributed by atoms with Gasteiger partial charge in [-0.15, -0.1) is 0 Å². The van der Waals surface area contributed by atoms with Gasteiger partial charge in [-0.3, -0.25) is 19.8 Å². The Labute approximate surface area is 164 Å². The summed E-state index contributed by atoms with van der Waals surface area (Å²) in [4.78, 5) is 27.8. The van der Waals surface area contributed by atoms with Crippen LogP contribution in [0.25, 0.3) is 0 Å². The van der Waals surface area contributed by atoms with E-state index in [-0.39, 0.29) is 22.4 Å². The fourth-order valence-corrected chi connectivity index (χ4v) is 4.32. The van der Waals surface area contributed by atoms with Gasteiger partial charge in [0.1, 0.15) is 0 Å². The zero-order valence-corrected chi connectivity index (χ0v) is 15.9. The maximum absolute atomic E-state index is 13.1. The highest BCUT2D eigenvalue weighted by Gasteiger charge is 2.30. The number of rotatable bonds is 4. The summed E-state index contributed by atoms with van der Waals surface area (Å²) in [6.45, 7) is 3.96. The van der Waals surface area contributed by atoms with Crippen LogP contribution in [0.2, 0.25) is 0 Å². The molecule has 1 atom stereocenters. The Morgan fingerprint density at radius 3 is 2.57 bits per heavy atom. The van der Waals surface area contributed by atoms with Crippen molar-refractivity contribution in [3.8, 4) is 0 Å². The SMILES string of the molecule is O=C([C@H]1CCCN(Cc2ccc([N+](=O)[O-])cc2)C1)N1CCc2ccccc2C1. The number of amides is 1. The molecule has 0 unspecified atom stereocenters. The molecule has 146 valence electrons. The Morgan fingerprint density at radius 1 is 1.07 bits per heavy atom. The van der Waals surface area contributed by atoms with Gasteiger partial charge >= 0.3 is 0 Å². The molecule has 2 heterocycles. The van der Waals surface area contributed by atoms with E-state index < -0.39 is 0 Å². The normalized spacial score (nSPS) is 19.9. The lowest BCUT2D eigenvalue weighted by atomic mass is 9.93. The van der Waals surface area contributed by atoms with Gasteiger partial charge in [-0.2, -0.15) is 0 Å². The van der Waals surface area contributed by atoms with Crippen molar-refractivity contribution in [2.45, 2.75) is 32.4 Å². The summed E-state index contributed by atoms with van der Waals surface area (Å²) in [6, 6.07) is 15.1. The summed E-state index contributed by atoms with van der Waals surface area (Å²) in [6.07, 6.45) is 2.88. The predicted molar refractivity (Wildman–Crippen MR) is 107 cm³/mol. The number of hydrogen-bond donors (Lipinski definition) is 0. The molecule has 2 aliphatic heterocycles. The Hall–Kier alpha value is -2.73. The lowest BCUT2D eigenvalue weighted by molar-refractivity contribution is -0.384. The molecule has 0 spiro atoms. The van der Waals surface area contributed by atoms with Crippen molar-refractivity contribution < 1.29 is 9.72 Å². The summed E-state index contributed by atoms with van der Waals surface area (Å²) in [5, 5.41) is 10.8. The maximum atomic E-state index is 13.1. The van der Waals surface area contributed by atoms with Crippen LogP contribution >= 0.6 is 0 Å². The molecule has 6 nitrogen and oxygen atoms in total. The zero-order chi connectivity index (χ0) is 19.5. The molecule has 0 aromatic heterocycles. The Bertz CT molecular complexity index is 866. The predicted octanol–water partition coefficient (Wildman–Crippen LogP) is 3.39. The van der Waals surface area contributed by atoms with Crippen molar-refractivity contribution in [3.05, 3.63) is 75.3 Å². The van der Waals surface area contributed by atoms with Gasteiger partial charge in [0.2, 0.25) is 5.91 Å². The van der Waals surface area contributed by atoms with Crippen molar-refractivity contribution in [1.29, 1.82) is 0 Å². The molecule has 4 rings (SSSR count). The first kappa shape index (κ1) is 18.6. The Morgan fingerprint density at radius 2 is 1.82 bits per heavy atom. The van der Waals surface area contributed by atoms with Gasteiger partial charge in [0.05, 0.1) is 10.8 Å². The van der Waals surface area contributed by atoms with E-state index in [0.29, 0.717) is 6.54 Å². The van der Waals surface area contributed by atoms with Crippen LogP contribution in [0.5, 0.6) is 0 Å². The molecule has 2 aromatic carbocycles. The molecule has 0 radical (unpaired) electrons. The van der Waals surface area contributed by atoms with Crippen molar-refractivity contribution in [1.82, 2.24) is 9.80 Å². The highest BCUT2D eigenvalue weighted by Crippen LogP contribution is 2.25. The van der Waals surface area contributed by atoms with Gasteiger partial charge in [-0.25, -0.2) is 0 Å². The van der Waals surface area contributed by atoms with Gasteiger partial charge < -0.3 is 4.90 Å². The van der Waals surface area contributed by atoms with E-state index in [1.807, 2.05) is 23.1 Å². The second-order valence-electron chi connectivity index (χ2n) is 7.78. The molecule has 0 bridgehead atoms. The number of nitro benzene ring substituents is 1. The molecule has 28 heavy (non-hydrogen) atoms. The number of nitro groups is 1. The second kappa shape index (κ2) is 8.10. The minimum Gasteiger partial charge on any atom is -0.338 e. The van der Waals surface area contributed by atoms with E-state index in [1.165, 1.54) is 11.1 Å². The topological polar surface area (TPSA) is 66.7 Å². The number of hydrogen-bond acceptors (Lipinski definition) is 4. The van der Waals surface area contributed by atoms with Crippen molar-refractivity contribution in [3.63, 3.8) is 0 Å². The number of fused-ring (bicyclic) bond motifs is 1. The number of carbonyl (C=O) groups excluding carboxylic acids is 1. The molecular formula is C22H25N3O3. The molecule has 1 amide bonds. The molecule has 1 fully saturated rings. The standard InChI is InChI=1S/C22H25N3O3/c26-22(24-13-11-18-4-1-2-5-19(18)16-24)20-6-3-12-23(15-20)14-17-7-9-21(10-8-17)25(27)28/h1-2,4-5,7-10,20H,3,6,11-16H2/t20-/m0/s1. The average molecular weight is 379 g/mol. The van der Waals surface area contributed by atoms with E-state index in [1.54, 1.807) is 12.1 Å². The van der Waals surface area contributed by atoms with E-state index in [4.69, 9.17) is 0 Å². The van der Waals surface area contributed by atoms with Crippen LogP contribution in [0.15, 0.2) is 48.5 Å². The van der Waals surface area contributed by atoms with E-state index >= 15 is 0 Å². The molecule has 0 aliphatic carbocycles. The largest absolute Gasteiger partial charge is 0.338 e. The number of piperidine rings is 1. The van der Waals surface area contributed by atoms with Crippen LogP contribution in [-0.2, 0) is 24.3 Å². The van der Waals surface area contributed by atoms with E-state index in [9.17, 15) is 14.9 Å². The van der Waals surface area contributed by atoms with Gasteiger partial charge in [0.15, 0.2) is 0 Å². The van der Waals surface area contributed by atoms with Crippen LogP contribution < -0.4 is 0 Å². The molecule has 0 saturated carbocycles. The minimum atomic E-state index is -0.379. The fraction of sp³-hybridized carbons (Fsp3) is 0.409. The maximum Gasteiger partial charge on any atom is 0.269 e. The van der Waals surface area contributed by atoms with Gasteiger partial charge in [0.25, 0.3) is 5.69 Å². The van der Waals surface area contributed by atoms with Crippen LogP contribution in [0, 0.1) is 16.0 Å². The summed E-state index contributed by atoms with van der Waals surface area (Å²) in [5.41, 5.74) is 3.78. The Kier molecular flexibility index (Phi) is 5.39. The number of benzene rings is 2. The van der Waals surface area contributed by atoms with Gasteiger partial charge in [0, 0.05) is 38.3 Å². The molecule has 1 saturated heterocycles. The zero-order valence-electron chi connectivity index (χ0n) is 15.9. The smallest absolute Gasteiger partial charge is 0.269 e. The summed E-state index contributed by atoms with van der Waals surface area (Å²) >= 11 is 0. The van der Waals surface area contributed by atoms with Crippen LogP contribution in [0.4, 0.5) is 5.69 Å². The first-order chi connectivity index (χ1) is 13.6. The van der Waals surface area contributed by atoms with Crippen molar-refractivity contribution >= 4 is 11.6 Å². The summed E-state index contributed by atoms with van der Waals surface area (Å²) in [7, 11) is 0. The van der Waals surface area contributed by atoms with E-state index in [2.05, 4.69) is 23.1 Å². The highest BCUT2D eigenvalue weighted by molar-refractivity contribution is 5.79. The van der Waals surface area contributed by atoms with Crippen LogP contribution in [0.3, 0.4) is 0 Å². The van der Waals surface area contributed by atoms with Gasteiger partial charge in [-0.05, 0) is 42.5 Å². The summed E-state index contributed by atoms with van der Waals surface area (Å²) in [5.74, 6) is 0.306. The number of non-ortho nitro benzene ring substituents is 1. The average Bonchev–Trinajstić information content (AvgIpc) is 2.73. The lowest BCUT2D eigenvalue weighted by Gasteiger charge is -2.36. The third kappa shape index (κ3) is 4.07. The van der Waals surface area contributed by atoms with Crippen molar-refractivity contribution in [2.75, 3.05) is 19.6 Å². The lowest BCUT2D eigenvalue weighted by Crippen LogP contribution is -2.46. The number of carbonyl (C=O) groups is 1.